The standard InChI is InChI=1S/C20H33ClN6/c1-20(2,27-11-5-4-6-12-27)15-24-19(22-3)25-16-9-13-26(14-16)18-17(21)8-7-10-23-18/h7-8,10,16H,4-6,9,11-15H2,1-3H3,(H2,22,24,25). The van der Waals surface area contributed by atoms with Crippen molar-refractivity contribution >= 4 is 23.4 Å². The fourth-order valence-corrected chi connectivity index (χ4v) is 4.22. The van der Waals surface area contributed by atoms with Crippen LogP contribution in [0.25, 0.3) is 0 Å². The molecule has 6 nitrogen and oxygen atoms in total. The van der Waals surface area contributed by atoms with Crippen LogP contribution < -0.4 is 15.5 Å². The summed E-state index contributed by atoms with van der Waals surface area (Å²) in [5.74, 6) is 1.75. The largest absolute Gasteiger partial charge is 0.355 e. The molecule has 1 atom stereocenters. The van der Waals surface area contributed by atoms with Gasteiger partial charge in [-0.3, -0.25) is 9.89 Å². The van der Waals surface area contributed by atoms with Gasteiger partial charge in [-0.15, -0.1) is 0 Å². The van der Waals surface area contributed by atoms with E-state index in [1.54, 1.807) is 6.20 Å². The monoisotopic (exact) mass is 392 g/mol. The number of rotatable bonds is 5. The molecule has 3 rings (SSSR count). The number of pyridine rings is 1. The second-order valence-electron chi connectivity index (χ2n) is 8.17. The summed E-state index contributed by atoms with van der Waals surface area (Å²) in [5.41, 5.74) is 0.126. The molecule has 0 amide bonds. The van der Waals surface area contributed by atoms with Gasteiger partial charge in [0.2, 0.25) is 0 Å². The summed E-state index contributed by atoms with van der Waals surface area (Å²) >= 11 is 6.29. The lowest BCUT2D eigenvalue weighted by atomic mass is 9.98. The van der Waals surface area contributed by atoms with E-state index in [9.17, 15) is 0 Å². The molecular formula is C20H33ClN6. The number of nitrogens with one attached hydrogen (secondary N) is 2. The first-order chi connectivity index (χ1) is 13.0. The maximum Gasteiger partial charge on any atom is 0.191 e. The molecule has 0 saturated carbocycles. The number of halogens is 1. The number of hydrogen-bond acceptors (Lipinski definition) is 4. The van der Waals surface area contributed by atoms with E-state index >= 15 is 0 Å². The van der Waals surface area contributed by atoms with Crippen LogP contribution in [0.15, 0.2) is 23.3 Å². The summed E-state index contributed by atoms with van der Waals surface area (Å²) in [6.07, 6.45) is 6.82. The lowest BCUT2D eigenvalue weighted by Gasteiger charge is -2.41. The van der Waals surface area contributed by atoms with Crippen molar-refractivity contribution in [1.29, 1.82) is 0 Å². The molecule has 2 aliphatic rings. The number of anilines is 1. The molecule has 7 heteroatoms. The Bertz CT molecular complexity index is 641. The SMILES string of the molecule is CN=C(NCC(C)(C)N1CCCCC1)NC1CCN(c2ncccc2Cl)C1. The van der Waals surface area contributed by atoms with Crippen molar-refractivity contribution in [3.8, 4) is 0 Å². The van der Waals surface area contributed by atoms with E-state index in [0.29, 0.717) is 11.1 Å². The predicted octanol–water partition coefficient (Wildman–Crippen LogP) is 2.74. The minimum absolute atomic E-state index is 0.126. The Morgan fingerprint density at radius 2 is 2.07 bits per heavy atom. The van der Waals surface area contributed by atoms with Gasteiger partial charge >= 0.3 is 0 Å². The van der Waals surface area contributed by atoms with E-state index in [1.165, 1.54) is 32.4 Å². The average molecular weight is 393 g/mol. The first kappa shape index (κ1) is 20.2. The van der Waals surface area contributed by atoms with Crippen LogP contribution in [-0.2, 0) is 0 Å². The highest BCUT2D eigenvalue weighted by Crippen LogP contribution is 2.25. The van der Waals surface area contributed by atoms with Crippen LogP contribution in [0, 0.1) is 0 Å². The zero-order chi connectivity index (χ0) is 19.3. The lowest BCUT2D eigenvalue weighted by Crippen LogP contribution is -2.55. The Balaban J connectivity index is 1.50. The molecule has 150 valence electrons. The summed E-state index contributed by atoms with van der Waals surface area (Å²) in [6.45, 7) is 9.75. The quantitative estimate of drug-likeness (QED) is 0.596. The van der Waals surface area contributed by atoms with Gasteiger partial charge in [0, 0.05) is 44.5 Å². The molecule has 27 heavy (non-hydrogen) atoms. The smallest absolute Gasteiger partial charge is 0.191 e. The zero-order valence-electron chi connectivity index (χ0n) is 16.8. The van der Waals surface area contributed by atoms with Crippen LogP contribution in [0.2, 0.25) is 5.02 Å². The number of aliphatic imine (C=N–C) groups is 1. The third-order valence-corrected chi connectivity index (χ3v) is 5.99. The second kappa shape index (κ2) is 9.11. The molecule has 0 bridgehead atoms. The van der Waals surface area contributed by atoms with Gasteiger partial charge in [0.15, 0.2) is 5.96 Å². The lowest BCUT2D eigenvalue weighted by molar-refractivity contribution is 0.0982. The fraction of sp³-hybridized carbons (Fsp3) is 0.700. The molecule has 2 N–H and O–H groups in total. The van der Waals surface area contributed by atoms with Gasteiger partial charge in [-0.2, -0.15) is 0 Å². The molecule has 1 aromatic heterocycles. The van der Waals surface area contributed by atoms with Crippen LogP contribution >= 0.6 is 11.6 Å². The molecule has 0 aliphatic carbocycles. The number of likely N-dealkylation sites (tertiary alicyclic amines) is 1. The normalized spacial score (nSPS) is 22.1. The summed E-state index contributed by atoms with van der Waals surface area (Å²) in [7, 11) is 1.84. The van der Waals surface area contributed by atoms with Gasteiger partial charge in [-0.05, 0) is 58.3 Å². The van der Waals surface area contributed by atoms with Crippen LogP contribution in [0.5, 0.6) is 0 Å². The first-order valence-corrected chi connectivity index (χ1v) is 10.4. The minimum atomic E-state index is 0.126. The number of nitrogens with zero attached hydrogens (tertiary/aromatic N) is 4. The maximum absolute atomic E-state index is 6.29. The van der Waals surface area contributed by atoms with Crippen LogP contribution in [0.4, 0.5) is 5.82 Å². The number of piperidine rings is 1. The zero-order valence-corrected chi connectivity index (χ0v) is 17.6. The van der Waals surface area contributed by atoms with E-state index in [4.69, 9.17) is 11.6 Å². The van der Waals surface area contributed by atoms with Crippen molar-refractivity contribution < 1.29 is 0 Å². The second-order valence-corrected chi connectivity index (χ2v) is 8.58. The van der Waals surface area contributed by atoms with Gasteiger partial charge < -0.3 is 15.5 Å². The molecule has 0 aromatic carbocycles. The van der Waals surface area contributed by atoms with Gasteiger partial charge in [0.05, 0.1) is 5.02 Å². The Morgan fingerprint density at radius 3 is 2.78 bits per heavy atom. The van der Waals surface area contributed by atoms with E-state index in [1.807, 2.05) is 19.2 Å². The minimum Gasteiger partial charge on any atom is -0.355 e. The van der Waals surface area contributed by atoms with Gasteiger partial charge in [-0.25, -0.2) is 4.98 Å². The molecule has 2 fully saturated rings. The fourth-order valence-electron chi connectivity index (χ4n) is 3.98. The van der Waals surface area contributed by atoms with E-state index < -0.39 is 0 Å². The highest BCUT2D eigenvalue weighted by Gasteiger charge is 2.29. The third kappa shape index (κ3) is 5.26. The highest BCUT2D eigenvalue weighted by molar-refractivity contribution is 6.32. The van der Waals surface area contributed by atoms with Crippen molar-refractivity contribution in [2.45, 2.75) is 51.1 Å². The van der Waals surface area contributed by atoms with Gasteiger partial charge in [-0.1, -0.05) is 18.0 Å². The van der Waals surface area contributed by atoms with Gasteiger partial charge in [0.1, 0.15) is 5.82 Å². The Kier molecular flexibility index (Phi) is 6.82. The Hall–Kier alpha value is -1.53. The molecule has 3 heterocycles. The Morgan fingerprint density at radius 1 is 1.30 bits per heavy atom. The van der Waals surface area contributed by atoms with Crippen molar-refractivity contribution in [2.24, 2.45) is 4.99 Å². The number of aromatic nitrogens is 1. The highest BCUT2D eigenvalue weighted by atomic mass is 35.5. The van der Waals surface area contributed by atoms with Crippen LogP contribution in [0.3, 0.4) is 0 Å². The molecule has 2 saturated heterocycles. The summed E-state index contributed by atoms with van der Waals surface area (Å²) in [5, 5.41) is 7.82. The summed E-state index contributed by atoms with van der Waals surface area (Å²) in [6, 6.07) is 4.11. The van der Waals surface area contributed by atoms with Crippen molar-refractivity contribution in [3.63, 3.8) is 0 Å². The predicted molar refractivity (Wildman–Crippen MR) is 114 cm³/mol. The van der Waals surface area contributed by atoms with Crippen LogP contribution in [0.1, 0.15) is 39.5 Å². The van der Waals surface area contributed by atoms with Crippen molar-refractivity contribution in [2.75, 3.05) is 44.7 Å². The molecule has 0 spiro atoms. The Labute approximate surface area is 168 Å². The van der Waals surface area contributed by atoms with Crippen LogP contribution in [-0.4, -0.2) is 67.2 Å². The number of hydrogen-bond donors (Lipinski definition) is 2. The summed E-state index contributed by atoms with van der Waals surface area (Å²) in [4.78, 5) is 13.7. The van der Waals surface area contributed by atoms with E-state index in [0.717, 1.165) is 37.8 Å². The van der Waals surface area contributed by atoms with E-state index in [2.05, 4.69) is 44.3 Å². The van der Waals surface area contributed by atoms with Crippen molar-refractivity contribution in [1.82, 2.24) is 20.5 Å². The first-order valence-electron chi connectivity index (χ1n) is 10.1. The van der Waals surface area contributed by atoms with Gasteiger partial charge in [0.25, 0.3) is 0 Å². The topological polar surface area (TPSA) is 55.8 Å². The average Bonchev–Trinajstić information content (AvgIpc) is 3.14. The third-order valence-electron chi connectivity index (χ3n) is 5.69. The summed E-state index contributed by atoms with van der Waals surface area (Å²) < 4.78 is 0. The molecule has 2 aliphatic heterocycles. The molecule has 0 radical (unpaired) electrons. The molecular weight excluding hydrogens is 360 g/mol. The maximum atomic E-state index is 6.29. The van der Waals surface area contributed by atoms with Crippen molar-refractivity contribution in [3.05, 3.63) is 23.4 Å². The van der Waals surface area contributed by atoms with E-state index in [-0.39, 0.29) is 5.54 Å². The molecule has 1 aromatic rings. The number of guanidine groups is 1. The molecule has 1 unspecified atom stereocenters.